The summed E-state index contributed by atoms with van der Waals surface area (Å²) in [5, 5.41) is 4.49. The first-order valence-corrected chi connectivity index (χ1v) is 7.64. The van der Waals surface area contributed by atoms with E-state index in [4.69, 9.17) is 40.4 Å². The van der Waals surface area contributed by atoms with Gasteiger partial charge in [0.1, 0.15) is 16.4 Å². The van der Waals surface area contributed by atoms with E-state index >= 15 is 0 Å². The van der Waals surface area contributed by atoms with Gasteiger partial charge < -0.3 is 5.32 Å². The Hall–Kier alpha value is -0.640. The highest BCUT2D eigenvalue weighted by atomic mass is 35.5. The zero-order valence-electron chi connectivity index (χ0n) is 10.4. The molecule has 100 valence electrons. The fourth-order valence-electron chi connectivity index (χ4n) is 2.78. The van der Waals surface area contributed by atoms with Crippen LogP contribution in [0.3, 0.4) is 0 Å². The maximum absolute atomic E-state index is 6.07. The molecule has 0 saturated heterocycles. The Kier molecular flexibility index (Phi) is 3.54. The highest BCUT2D eigenvalue weighted by molar-refractivity contribution is 7.82. The Balaban J connectivity index is 1.97. The van der Waals surface area contributed by atoms with Gasteiger partial charge in [-0.2, -0.15) is 0 Å². The van der Waals surface area contributed by atoms with Crippen molar-refractivity contribution >= 4 is 46.1 Å². The molecule has 19 heavy (non-hydrogen) atoms. The Morgan fingerprint density at radius 2 is 1.84 bits per heavy atom. The smallest absolute Gasteiger partial charge is 0.131 e. The molecule has 1 aromatic carbocycles. The molecule has 0 radical (unpaired) electrons. The van der Waals surface area contributed by atoms with Crippen LogP contribution in [0.25, 0.3) is 0 Å². The summed E-state index contributed by atoms with van der Waals surface area (Å²) >= 11 is 17.4. The second kappa shape index (κ2) is 5.04. The lowest BCUT2D eigenvalue weighted by Gasteiger charge is -2.30. The van der Waals surface area contributed by atoms with Gasteiger partial charge in [0.2, 0.25) is 0 Å². The fourth-order valence-corrected chi connectivity index (χ4v) is 3.43. The molecule has 0 unspecified atom stereocenters. The number of rotatable bonds is 1. The van der Waals surface area contributed by atoms with Gasteiger partial charge in [0.25, 0.3) is 0 Å². The number of halogens is 2. The van der Waals surface area contributed by atoms with Crippen molar-refractivity contribution in [3.63, 3.8) is 0 Å². The van der Waals surface area contributed by atoms with Gasteiger partial charge in [0.05, 0.1) is 10.0 Å². The van der Waals surface area contributed by atoms with Crippen LogP contribution in [0.4, 0.5) is 0 Å². The predicted octanol–water partition coefficient (Wildman–Crippen LogP) is 4.37. The molecule has 1 aromatic rings. The van der Waals surface area contributed by atoms with Crippen LogP contribution in [0.1, 0.15) is 37.7 Å². The molecule has 1 saturated carbocycles. The first-order chi connectivity index (χ1) is 9.10. The predicted molar refractivity (Wildman–Crippen MR) is 84.5 cm³/mol. The monoisotopic (exact) mass is 312 g/mol. The highest BCUT2D eigenvalue weighted by Crippen LogP contribution is 2.34. The molecule has 2 aliphatic rings. The van der Waals surface area contributed by atoms with Crippen LogP contribution in [-0.2, 0) is 0 Å². The summed E-state index contributed by atoms with van der Waals surface area (Å²) in [6.07, 6.45) is 5.80. The van der Waals surface area contributed by atoms with E-state index in [0.29, 0.717) is 10.0 Å². The maximum atomic E-state index is 6.07. The first kappa shape index (κ1) is 13.3. The van der Waals surface area contributed by atoms with Gasteiger partial charge in [0.15, 0.2) is 0 Å². The molecule has 1 spiro atoms. The van der Waals surface area contributed by atoms with E-state index in [-0.39, 0.29) is 5.66 Å². The van der Waals surface area contributed by atoms with Crippen molar-refractivity contribution in [1.82, 2.24) is 5.32 Å². The summed E-state index contributed by atoms with van der Waals surface area (Å²) in [6.45, 7) is 0. The second-order valence-corrected chi connectivity index (χ2v) is 6.36. The standard InChI is InChI=1S/C14H14Cl2N2S/c15-10-5-4-9(8-11(10)16)12-13(19)18-14(17-12)6-2-1-3-7-14/h4-5,8H,1-3,6-7H2,(H,18,19). The van der Waals surface area contributed by atoms with Crippen molar-refractivity contribution in [2.45, 2.75) is 37.8 Å². The molecule has 1 fully saturated rings. The van der Waals surface area contributed by atoms with Crippen LogP contribution in [0, 0.1) is 0 Å². The van der Waals surface area contributed by atoms with Crippen molar-refractivity contribution in [2.75, 3.05) is 0 Å². The number of hydrogen-bond donors (Lipinski definition) is 1. The Morgan fingerprint density at radius 1 is 1.11 bits per heavy atom. The van der Waals surface area contributed by atoms with Crippen LogP contribution in [0.15, 0.2) is 23.2 Å². The summed E-state index contributed by atoms with van der Waals surface area (Å²) in [6, 6.07) is 5.54. The van der Waals surface area contributed by atoms with Gasteiger partial charge in [-0.15, -0.1) is 0 Å². The van der Waals surface area contributed by atoms with Crippen molar-refractivity contribution < 1.29 is 0 Å². The summed E-state index contributed by atoms with van der Waals surface area (Å²) in [5.41, 5.74) is 1.61. The SMILES string of the molecule is S=C1NC2(CCCCC2)N=C1c1ccc(Cl)c(Cl)c1. The molecule has 0 amide bonds. The van der Waals surface area contributed by atoms with E-state index in [1.165, 1.54) is 19.3 Å². The van der Waals surface area contributed by atoms with Crippen molar-refractivity contribution in [3.8, 4) is 0 Å². The zero-order chi connectivity index (χ0) is 13.5. The van der Waals surface area contributed by atoms with Crippen LogP contribution in [0.5, 0.6) is 0 Å². The van der Waals surface area contributed by atoms with Crippen molar-refractivity contribution in [3.05, 3.63) is 33.8 Å². The molecule has 0 aromatic heterocycles. The quantitative estimate of drug-likeness (QED) is 0.778. The summed E-state index contributed by atoms with van der Waals surface area (Å²) in [7, 11) is 0. The molecule has 1 N–H and O–H groups in total. The summed E-state index contributed by atoms with van der Waals surface area (Å²) < 4.78 is 0. The third kappa shape index (κ3) is 2.51. The van der Waals surface area contributed by atoms with E-state index in [9.17, 15) is 0 Å². The lowest BCUT2D eigenvalue weighted by molar-refractivity contribution is 0.286. The van der Waals surface area contributed by atoms with Crippen LogP contribution in [-0.4, -0.2) is 16.4 Å². The maximum Gasteiger partial charge on any atom is 0.131 e. The Bertz CT molecular complexity index is 563. The molecule has 5 heteroatoms. The number of nitrogens with one attached hydrogen (secondary N) is 1. The highest BCUT2D eigenvalue weighted by Gasteiger charge is 2.38. The number of thiocarbonyl (C=S) groups is 1. The first-order valence-electron chi connectivity index (χ1n) is 6.47. The lowest BCUT2D eigenvalue weighted by Crippen LogP contribution is -2.43. The molecule has 3 rings (SSSR count). The molecule has 1 aliphatic carbocycles. The van der Waals surface area contributed by atoms with Gasteiger partial charge >= 0.3 is 0 Å². The Labute approximate surface area is 128 Å². The number of nitrogens with zero attached hydrogens (tertiary/aromatic N) is 1. The van der Waals surface area contributed by atoms with E-state index in [0.717, 1.165) is 29.1 Å². The zero-order valence-corrected chi connectivity index (χ0v) is 12.7. The van der Waals surface area contributed by atoms with E-state index in [1.807, 2.05) is 12.1 Å². The van der Waals surface area contributed by atoms with Gasteiger partial charge in [-0.25, -0.2) is 0 Å². The molecular weight excluding hydrogens is 299 g/mol. The molecule has 0 bridgehead atoms. The van der Waals surface area contributed by atoms with Gasteiger partial charge in [-0.1, -0.05) is 47.9 Å². The minimum absolute atomic E-state index is 0.170. The molecule has 0 atom stereocenters. The molecule has 1 heterocycles. The third-order valence-electron chi connectivity index (χ3n) is 3.76. The van der Waals surface area contributed by atoms with Gasteiger partial charge in [-0.05, 0) is 37.8 Å². The van der Waals surface area contributed by atoms with Crippen molar-refractivity contribution in [1.29, 1.82) is 0 Å². The largest absolute Gasteiger partial charge is 0.351 e. The Morgan fingerprint density at radius 3 is 2.53 bits per heavy atom. The molecule has 2 nitrogen and oxygen atoms in total. The summed E-state index contributed by atoms with van der Waals surface area (Å²) in [5.74, 6) is 0. The van der Waals surface area contributed by atoms with Crippen LogP contribution >= 0.6 is 35.4 Å². The lowest BCUT2D eigenvalue weighted by atomic mass is 9.90. The minimum Gasteiger partial charge on any atom is -0.351 e. The fraction of sp³-hybridized carbons (Fsp3) is 0.429. The van der Waals surface area contributed by atoms with Crippen LogP contribution in [0.2, 0.25) is 10.0 Å². The van der Waals surface area contributed by atoms with Gasteiger partial charge in [0, 0.05) is 5.56 Å². The number of benzene rings is 1. The summed E-state index contributed by atoms with van der Waals surface area (Å²) in [4.78, 5) is 5.59. The average Bonchev–Trinajstić information content (AvgIpc) is 2.70. The number of aliphatic imine (C=N–C) groups is 1. The third-order valence-corrected chi connectivity index (χ3v) is 4.80. The van der Waals surface area contributed by atoms with E-state index < -0.39 is 0 Å². The van der Waals surface area contributed by atoms with E-state index in [1.54, 1.807) is 6.07 Å². The number of hydrogen-bond acceptors (Lipinski definition) is 2. The van der Waals surface area contributed by atoms with Crippen LogP contribution < -0.4 is 5.32 Å². The van der Waals surface area contributed by atoms with Crippen molar-refractivity contribution in [2.24, 2.45) is 4.99 Å². The normalized spacial score (nSPS) is 21.4. The minimum atomic E-state index is -0.170. The van der Waals surface area contributed by atoms with E-state index in [2.05, 4.69) is 5.32 Å². The molecular formula is C14H14Cl2N2S. The van der Waals surface area contributed by atoms with Gasteiger partial charge in [-0.3, -0.25) is 4.99 Å². The average molecular weight is 313 g/mol. The second-order valence-electron chi connectivity index (χ2n) is 5.14. The topological polar surface area (TPSA) is 24.4 Å². The molecule has 1 aliphatic heterocycles.